The van der Waals surface area contributed by atoms with Gasteiger partial charge in [-0.15, -0.1) is 11.6 Å². The van der Waals surface area contributed by atoms with Crippen LogP contribution in [0.3, 0.4) is 0 Å². The van der Waals surface area contributed by atoms with E-state index >= 15 is 0 Å². The molecule has 0 aliphatic heterocycles. The van der Waals surface area contributed by atoms with Gasteiger partial charge >= 0.3 is 0 Å². The van der Waals surface area contributed by atoms with Crippen molar-refractivity contribution in [2.24, 2.45) is 0 Å². The summed E-state index contributed by atoms with van der Waals surface area (Å²) in [5.41, 5.74) is 2.68. The molecule has 0 aromatic heterocycles. The van der Waals surface area contributed by atoms with Gasteiger partial charge in [0.15, 0.2) is 0 Å². The first-order chi connectivity index (χ1) is 5.95. The standard InChI is InChI=1S/C11H14BrCl/c1-11(2,3)9-5-4-8(7-13)10(12)6-9/h4-6H,7H2,1-3H3. The van der Waals surface area contributed by atoms with Crippen LogP contribution in [-0.2, 0) is 11.3 Å². The van der Waals surface area contributed by atoms with Crippen molar-refractivity contribution in [2.75, 3.05) is 0 Å². The molecular weight excluding hydrogens is 247 g/mol. The van der Waals surface area contributed by atoms with E-state index in [0.29, 0.717) is 5.88 Å². The maximum atomic E-state index is 5.77. The summed E-state index contributed by atoms with van der Waals surface area (Å²) < 4.78 is 1.11. The van der Waals surface area contributed by atoms with Crippen molar-refractivity contribution >= 4 is 27.5 Å². The highest BCUT2D eigenvalue weighted by Crippen LogP contribution is 2.27. The highest BCUT2D eigenvalue weighted by Gasteiger charge is 2.14. The third-order valence-corrected chi connectivity index (χ3v) is 3.09. The summed E-state index contributed by atoms with van der Waals surface area (Å²) >= 11 is 9.28. The molecule has 1 aromatic rings. The molecule has 0 bridgehead atoms. The number of halogens is 2. The summed E-state index contributed by atoms with van der Waals surface area (Å²) in [6.07, 6.45) is 0. The molecule has 72 valence electrons. The van der Waals surface area contributed by atoms with Gasteiger partial charge in [-0.25, -0.2) is 0 Å². The first-order valence-electron chi connectivity index (χ1n) is 4.30. The van der Waals surface area contributed by atoms with Crippen molar-refractivity contribution in [3.8, 4) is 0 Å². The minimum atomic E-state index is 0.202. The van der Waals surface area contributed by atoms with Crippen LogP contribution in [0.25, 0.3) is 0 Å². The van der Waals surface area contributed by atoms with Crippen LogP contribution in [0.1, 0.15) is 31.9 Å². The van der Waals surface area contributed by atoms with E-state index in [1.54, 1.807) is 0 Å². The first kappa shape index (κ1) is 11.1. The molecule has 2 heteroatoms. The van der Waals surface area contributed by atoms with Crippen LogP contribution < -0.4 is 0 Å². The second kappa shape index (κ2) is 4.02. The van der Waals surface area contributed by atoms with Gasteiger partial charge in [0.2, 0.25) is 0 Å². The highest BCUT2D eigenvalue weighted by molar-refractivity contribution is 9.10. The largest absolute Gasteiger partial charge is 0.122 e. The smallest absolute Gasteiger partial charge is 0.0485 e. The second-order valence-electron chi connectivity index (χ2n) is 4.19. The molecule has 0 unspecified atom stereocenters. The summed E-state index contributed by atoms with van der Waals surface area (Å²) in [4.78, 5) is 0. The average Bonchev–Trinajstić information content (AvgIpc) is 2.02. The van der Waals surface area contributed by atoms with Crippen LogP contribution in [0.4, 0.5) is 0 Å². The van der Waals surface area contributed by atoms with E-state index in [4.69, 9.17) is 11.6 Å². The van der Waals surface area contributed by atoms with E-state index in [-0.39, 0.29) is 5.41 Å². The summed E-state index contributed by atoms with van der Waals surface area (Å²) in [6.45, 7) is 6.61. The molecule has 0 saturated heterocycles. The Morgan fingerprint density at radius 3 is 2.31 bits per heavy atom. The normalized spacial score (nSPS) is 11.8. The molecule has 0 heterocycles. The van der Waals surface area contributed by atoms with Gasteiger partial charge in [-0.1, -0.05) is 48.8 Å². The fourth-order valence-corrected chi connectivity index (χ4v) is 2.04. The lowest BCUT2D eigenvalue weighted by atomic mass is 9.87. The SMILES string of the molecule is CC(C)(C)c1ccc(CCl)c(Br)c1. The molecule has 0 amide bonds. The van der Waals surface area contributed by atoms with Crippen molar-refractivity contribution < 1.29 is 0 Å². The number of alkyl halides is 1. The van der Waals surface area contributed by atoms with Crippen LogP contribution in [0.5, 0.6) is 0 Å². The molecule has 0 aliphatic carbocycles. The summed E-state index contributed by atoms with van der Waals surface area (Å²) in [5, 5.41) is 0. The Kier molecular flexibility index (Phi) is 3.42. The first-order valence-corrected chi connectivity index (χ1v) is 5.63. The van der Waals surface area contributed by atoms with E-state index in [0.717, 1.165) is 10.0 Å². The Morgan fingerprint density at radius 2 is 1.92 bits per heavy atom. The quantitative estimate of drug-likeness (QED) is 0.654. The predicted octanol–water partition coefficient (Wildman–Crippen LogP) is 4.49. The van der Waals surface area contributed by atoms with Crippen LogP contribution in [-0.4, -0.2) is 0 Å². The van der Waals surface area contributed by atoms with Gasteiger partial charge in [0.25, 0.3) is 0 Å². The Hall–Kier alpha value is -0.0100. The topological polar surface area (TPSA) is 0 Å². The average molecular weight is 262 g/mol. The Bertz CT molecular complexity index is 299. The van der Waals surface area contributed by atoms with Crippen LogP contribution >= 0.6 is 27.5 Å². The van der Waals surface area contributed by atoms with Crippen LogP contribution in [0.2, 0.25) is 0 Å². The van der Waals surface area contributed by atoms with Crippen molar-refractivity contribution in [3.05, 3.63) is 33.8 Å². The molecule has 0 saturated carbocycles. The van der Waals surface area contributed by atoms with Crippen molar-refractivity contribution in [2.45, 2.75) is 32.1 Å². The molecule has 0 spiro atoms. The van der Waals surface area contributed by atoms with E-state index < -0.39 is 0 Å². The Morgan fingerprint density at radius 1 is 1.31 bits per heavy atom. The van der Waals surface area contributed by atoms with E-state index in [9.17, 15) is 0 Å². The Labute approximate surface area is 93.4 Å². The van der Waals surface area contributed by atoms with Crippen molar-refractivity contribution in [3.63, 3.8) is 0 Å². The van der Waals surface area contributed by atoms with Gasteiger partial charge in [-0.3, -0.25) is 0 Å². The molecule has 0 radical (unpaired) electrons. The molecule has 1 rings (SSSR count). The van der Waals surface area contributed by atoms with Crippen LogP contribution in [0, 0.1) is 0 Å². The number of rotatable bonds is 1. The fourth-order valence-electron chi connectivity index (χ4n) is 1.12. The highest BCUT2D eigenvalue weighted by atomic mass is 79.9. The summed E-state index contributed by atoms with van der Waals surface area (Å²) in [7, 11) is 0. The summed E-state index contributed by atoms with van der Waals surface area (Å²) in [6, 6.07) is 6.37. The van der Waals surface area contributed by atoms with Crippen LogP contribution in [0.15, 0.2) is 22.7 Å². The molecule has 0 nitrogen and oxygen atoms in total. The molecule has 0 fully saturated rings. The maximum absolute atomic E-state index is 5.77. The second-order valence-corrected chi connectivity index (χ2v) is 5.31. The van der Waals surface area contributed by atoms with Crippen molar-refractivity contribution in [1.82, 2.24) is 0 Å². The van der Waals surface area contributed by atoms with Gasteiger partial charge in [0.1, 0.15) is 0 Å². The summed E-state index contributed by atoms with van der Waals surface area (Å²) in [5.74, 6) is 0.561. The molecule has 0 atom stereocenters. The minimum Gasteiger partial charge on any atom is -0.122 e. The van der Waals surface area contributed by atoms with Crippen molar-refractivity contribution in [1.29, 1.82) is 0 Å². The van der Waals surface area contributed by atoms with E-state index in [1.165, 1.54) is 5.56 Å². The van der Waals surface area contributed by atoms with Gasteiger partial charge in [0, 0.05) is 10.4 Å². The molecule has 1 aromatic carbocycles. The zero-order chi connectivity index (χ0) is 10.1. The lowest BCUT2D eigenvalue weighted by Gasteiger charge is -2.19. The minimum absolute atomic E-state index is 0.202. The fraction of sp³-hybridized carbons (Fsp3) is 0.455. The van der Waals surface area contributed by atoms with Gasteiger partial charge in [-0.05, 0) is 22.6 Å². The van der Waals surface area contributed by atoms with E-state index in [2.05, 4.69) is 54.9 Å². The third kappa shape index (κ3) is 2.72. The molecule has 0 N–H and O–H groups in total. The molecule has 0 aliphatic rings. The third-order valence-electron chi connectivity index (χ3n) is 2.06. The molecular formula is C11H14BrCl. The lowest BCUT2D eigenvalue weighted by Crippen LogP contribution is -2.10. The maximum Gasteiger partial charge on any atom is 0.0485 e. The lowest BCUT2D eigenvalue weighted by molar-refractivity contribution is 0.589. The monoisotopic (exact) mass is 260 g/mol. The zero-order valence-corrected chi connectivity index (χ0v) is 10.5. The van der Waals surface area contributed by atoms with Gasteiger partial charge in [-0.2, -0.15) is 0 Å². The number of hydrogen-bond donors (Lipinski definition) is 0. The predicted molar refractivity (Wildman–Crippen MR) is 62.4 cm³/mol. The Balaban J connectivity index is 3.10. The number of hydrogen-bond acceptors (Lipinski definition) is 0. The zero-order valence-electron chi connectivity index (χ0n) is 8.20. The van der Waals surface area contributed by atoms with Gasteiger partial charge in [0.05, 0.1) is 0 Å². The molecule has 13 heavy (non-hydrogen) atoms. The van der Waals surface area contributed by atoms with E-state index in [1.807, 2.05) is 0 Å². The van der Waals surface area contributed by atoms with Gasteiger partial charge < -0.3 is 0 Å². The number of benzene rings is 1.